The van der Waals surface area contributed by atoms with Gasteiger partial charge in [0.1, 0.15) is 0 Å². The predicted octanol–water partition coefficient (Wildman–Crippen LogP) is 2.78. The molecule has 2 heteroatoms. The average molecular weight is 223 g/mol. The van der Waals surface area contributed by atoms with Crippen molar-refractivity contribution in [1.29, 1.82) is 0 Å². The summed E-state index contributed by atoms with van der Waals surface area (Å²) < 4.78 is 0. The summed E-state index contributed by atoms with van der Waals surface area (Å²) in [5.41, 5.74) is 0.417. The van der Waals surface area contributed by atoms with E-state index in [1.165, 1.54) is 6.42 Å². The molecule has 2 heterocycles. The van der Waals surface area contributed by atoms with Gasteiger partial charge < -0.3 is 4.90 Å². The van der Waals surface area contributed by atoms with Gasteiger partial charge in [-0.25, -0.2) is 0 Å². The summed E-state index contributed by atoms with van der Waals surface area (Å²) in [6.45, 7) is 13.1. The van der Waals surface area contributed by atoms with Crippen molar-refractivity contribution < 1.29 is 4.79 Å². The fourth-order valence-electron chi connectivity index (χ4n) is 3.85. The van der Waals surface area contributed by atoms with Crippen LogP contribution in [0.25, 0.3) is 0 Å². The van der Waals surface area contributed by atoms with Crippen LogP contribution < -0.4 is 0 Å². The van der Waals surface area contributed by atoms with Gasteiger partial charge >= 0.3 is 0 Å². The Morgan fingerprint density at radius 3 is 2.06 bits per heavy atom. The molecule has 2 bridgehead atoms. The summed E-state index contributed by atoms with van der Waals surface area (Å²) in [7, 11) is 0. The van der Waals surface area contributed by atoms with Crippen molar-refractivity contribution in [3.05, 3.63) is 0 Å². The number of hydrogen-bond acceptors (Lipinski definition) is 1. The molecule has 1 aliphatic carbocycles. The Morgan fingerprint density at radius 2 is 1.69 bits per heavy atom. The molecule has 16 heavy (non-hydrogen) atoms. The van der Waals surface area contributed by atoms with Crippen molar-refractivity contribution in [3.8, 4) is 0 Å². The van der Waals surface area contributed by atoms with Gasteiger partial charge in [0.15, 0.2) is 0 Å². The van der Waals surface area contributed by atoms with Crippen molar-refractivity contribution in [1.82, 2.24) is 4.90 Å². The first kappa shape index (κ1) is 11.9. The van der Waals surface area contributed by atoms with E-state index < -0.39 is 0 Å². The lowest BCUT2D eigenvalue weighted by Crippen LogP contribution is -2.60. The third-order valence-electron chi connectivity index (χ3n) is 4.34. The summed E-state index contributed by atoms with van der Waals surface area (Å²) in [5, 5.41) is 0. The van der Waals surface area contributed by atoms with E-state index in [2.05, 4.69) is 25.7 Å². The Labute approximate surface area is 99.4 Å². The summed E-state index contributed by atoms with van der Waals surface area (Å²) in [5.74, 6) is 2.87. The van der Waals surface area contributed by atoms with Crippen LogP contribution in [0.15, 0.2) is 0 Å². The van der Waals surface area contributed by atoms with Crippen LogP contribution >= 0.6 is 0 Å². The van der Waals surface area contributed by atoms with Crippen LogP contribution in [0.2, 0.25) is 0 Å². The molecule has 3 rings (SSSR count). The quantitative estimate of drug-likeness (QED) is 0.669. The molecule has 2 saturated heterocycles. The first-order valence-electron chi connectivity index (χ1n) is 6.59. The fraction of sp³-hybridized carbons (Fsp3) is 0.929. The minimum atomic E-state index is 0.158. The van der Waals surface area contributed by atoms with Crippen molar-refractivity contribution in [2.45, 2.75) is 41.0 Å². The van der Waals surface area contributed by atoms with Crippen LogP contribution in [0.5, 0.6) is 0 Å². The number of piperidine rings is 2. The lowest BCUT2D eigenvalue weighted by atomic mass is 9.53. The van der Waals surface area contributed by atoms with Crippen LogP contribution in [0.1, 0.15) is 41.0 Å². The maximum absolute atomic E-state index is 11.9. The molecule has 2 atom stereocenters. The lowest BCUT2D eigenvalue weighted by Gasteiger charge is -2.58. The minimum absolute atomic E-state index is 0.158. The van der Waals surface area contributed by atoms with Crippen molar-refractivity contribution in [2.75, 3.05) is 13.1 Å². The van der Waals surface area contributed by atoms with Crippen LogP contribution in [-0.2, 0) is 4.79 Å². The Balaban J connectivity index is 1.99. The highest BCUT2D eigenvalue weighted by atomic mass is 16.2. The molecule has 92 valence electrons. The molecule has 0 N–H and O–H groups in total. The summed E-state index contributed by atoms with van der Waals surface area (Å²) in [6.07, 6.45) is 1.35. The Hall–Kier alpha value is -0.530. The summed E-state index contributed by atoms with van der Waals surface area (Å²) in [6, 6.07) is 0. The molecule has 1 saturated carbocycles. The van der Waals surface area contributed by atoms with E-state index in [1.54, 1.807) is 0 Å². The van der Waals surface area contributed by atoms with E-state index in [1.807, 2.05) is 13.8 Å². The summed E-state index contributed by atoms with van der Waals surface area (Å²) in [4.78, 5) is 14.0. The zero-order valence-corrected chi connectivity index (χ0v) is 11.3. The number of rotatable bonds is 1. The second-order valence-corrected chi connectivity index (χ2v) is 7.05. The Morgan fingerprint density at radius 1 is 1.19 bits per heavy atom. The third-order valence-corrected chi connectivity index (χ3v) is 4.34. The molecule has 2 nitrogen and oxygen atoms in total. The van der Waals surface area contributed by atoms with Crippen LogP contribution in [0.4, 0.5) is 0 Å². The molecule has 0 radical (unpaired) electrons. The van der Waals surface area contributed by atoms with Crippen molar-refractivity contribution in [2.24, 2.45) is 29.1 Å². The van der Waals surface area contributed by atoms with E-state index in [9.17, 15) is 4.79 Å². The average Bonchev–Trinajstić information content (AvgIpc) is 2.13. The number of hydrogen-bond donors (Lipinski definition) is 0. The maximum Gasteiger partial charge on any atom is 0.225 e. The van der Waals surface area contributed by atoms with E-state index in [0.717, 1.165) is 30.8 Å². The van der Waals surface area contributed by atoms with E-state index in [0.29, 0.717) is 11.3 Å². The van der Waals surface area contributed by atoms with Gasteiger partial charge in [-0.1, -0.05) is 34.6 Å². The standard InChI is InChI=1S/C14H25NO/c1-9(2)13(16)15-7-10-6-11(8-15)12(10)14(3,4)5/h9-12H,6-8H2,1-5H3. The van der Waals surface area contributed by atoms with Gasteiger partial charge in [-0.2, -0.15) is 0 Å². The SMILES string of the molecule is CC(C)C(=O)N1CC2CC(C1)C2C(C)(C)C. The highest BCUT2D eigenvalue weighted by Crippen LogP contribution is 2.53. The van der Waals surface area contributed by atoms with Crippen LogP contribution in [0, 0.1) is 29.1 Å². The summed E-state index contributed by atoms with van der Waals surface area (Å²) >= 11 is 0. The number of carbonyl (C=O) groups is 1. The van der Waals surface area contributed by atoms with Crippen LogP contribution in [0.3, 0.4) is 0 Å². The van der Waals surface area contributed by atoms with E-state index >= 15 is 0 Å². The molecular formula is C14H25NO. The minimum Gasteiger partial charge on any atom is -0.342 e. The van der Waals surface area contributed by atoms with Crippen LogP contribution in [-0.4, -0.2) is 23.9 Å². The Kier molecular flexibility index (Phi) is 2.80. The van der Waals surface area contributed by atoms with Gasteiger partial charge in [0.2, 0.25) is 5.91 Å². The molecule has 2 aliphatic heterocycles. The molecule has 1 amide bonds. The number of nitrogens with zero attached hydrogens (tertiary/aromatic N) is 1. The first-order chi connectivity index (χ1) is 7.30. The van der Waals surface area contributed by atoms with Gasteiger partial charge in [-0.3, -0.25) is 4.79 Å². The predicted molar refractivity (Wildman–Crippen MR) is 66.0 cm³/mol. The zero-order valence-electron chi connectivity index (χ0n) is 11.3. The second kappa shape index (κ2) is 3.75. The normalized spacial score (nSPS) is 33.9. The largest absolute Gasteiger partial charge is 0.342 e. The smallest absolute Gasteiger partial charge is 0.225 e. The highest BCUT2D eigenvalue weighted by Gasteiger charge is 2.52. The van der Waals surface area contributed by atoms with Gasteiger partial charge in [0, 0.05) is 19.0 Å². The topological polar surface area (TPSA) is 20.3 Å². The lowest BCUT2D eigenvalue weighted by molar-refractivity contribution is -0.152. The van der Waals surface area contributed by atoms with E-state index in [4.69, 9.17) is 0 Å². The molecule has 0 aromatic rings. The van der Waals surface area contributed by atoms with Gasteiger partial charge in [-0.15, -0.1) is 0 Å². The number of amides is 1. The highest BCUT2D eigenvalue weighted by molar-refractivity contribution is 5.78. The van der Waals surface area contributed by atoms with E-state index in [-0.39, 0.29) is 5.92 Å². The maximum atomic E-state index is 11.9. The molecule has 3 fully saturated rings. The van der Waals surface area contributed by atoms with Gasteiger partial charge in [-0.05, 0) is 29.6 Å². The van der Waals surface area contributed by atoms with Crippen molar-refractivity contribution in [3.63, 3.8) is 0 Å². The molecule has 3 aliphatic rings. The number of fused-ring (bicyclic) bond motifs is 2. The molecule has 0 aromatic heterocycles. The molecular weight excluding hydrogens is 198 g/mol. The molecule has 0 spiro atoms. The third kappa shape index (κ3) is 1.87. The molecule has 2 unspecified atom stereocenters. The second-order valence-electron chi connectivity index (χ2n) is 7.05. The monoisotopic (exact) mass is 223 g/mol. The number of carbonyl (C=O) groups excluding carboxylic acids is 1. The molecule has 0 aromatic carbocycles. The zero-order chi connectivity index (χ0) is 12.1. The van der Waals surface area contributed by atoms with Crippen molar-refractivity contribution >= 4 is 5.91 Å². The Bertz CT molecular complexity index is 278. The van der Waals surface area contributed by atoms with Gasteiger partial charge in [0.05, 0.1) is 0 Å². The fourth-order valence-corrected chi connectivity index (χ4v) is 3.85. The van der Waals surface area contributed by atoms with Gasteiger partial charge in [0.25, 0.3) is 0 Å². The first-order valence-corrected chi connectivity index (χ1v) is 6.59.